The molecule has 1 aliphatic carbocycles. The van der Waals surface area contributed by atoms with Crippen molar-refractivity contribution in [3.63, 3.8) is 0 Å². The molecule has 1 aromatic carbocycles. The molecule has 1 fully saturated rings. The molecule has 0 saturated heterocycles. The first-order valence-corrected chi connectivity index (χ1v) is 9.45. The van der Waals surface area contributed by atoms with Crippen molar-refractivity contribution in [2.75, 3.05) is 5.32 Å². The molecule has 1 saturated carbocycles. The van der Waals surface area contributed by atoms with Gasteiger partial charge in [0.05, 0.1) is 5.69 Å². The molecule has 0 bridgehead atoms. The maximum atomic E-state index is 12.4. The van der Waals surface area contributed by atoms with E-state index in [0.29, 0.717) is 18.0 Å². The van der Waals surface area contributed by atoms with Crippen LogP contribution in [-0.2, 0) is 9.59 Å². The summed E-state index contributed by atoms with van der Waals surface area (Å²) in [4.78, 5) is 28.1. The Kier molecular flexibility index (Phi) is 5.30. The van der Waals surface area contributed by atoms with Crippen LogP contribution in [0.1, 0.15) is 25.7 Å². The van der Waals surface area contributed by atoms with Crippen molar-refractivity contribution >= 4 is 44.3 Å². The van der Waals surface area contributed by atoms with Gasteiger partial charge in [0.15, 0.2) is 5.13 Å². The number of hydrogen-bond donors (Lipinski definition) is 1. The molecule has 2 aromatic rings. The number of carboxylic acids is 1. The molecule has 0 spiro atoms. The molecule has 7 heteroatoms. The second kappa shape index (κ2) is 7.44. The van der Waals surface area contributed by atoms with Crippen LogP contribution in [-0.4, -0.2) is 16.9 Å². The molecular weight excluding hydrogens is 392 g/mol. The molecule has 24 heavy (non-hydrogen) atoms. The van der Waals surface area contributed by atoms with Gasteiger partial charge < -0.3 is 15.2 Å². The van der Waals surface area contributed by atoms with Crippen LogP contribution in [0.25, 0.3) is 11.3 Å². The summed E-state index contributed by atoms with van der Waals surface area (Å²) >= 11 is 4.72. The summed E-state index contributed by atoms with van der Waals surface area (Å²) in [5, 5.41) is 16.4. The third-order valence-corrected chi connectivity index (χ3v) is 5.57. The van der Waals surface area contributed by atoms with Crippen LogP contribution in [0.15, 0.2) is 34.1 Å². The molecule has 0 aliphatic heterocycles. The number of hydrogen-bond acceptors (Lipinski definition) is 5. The number of aromatic nitrogens is 1. The number of halogens is 1. The average molecular weight is 408 g/mol. The Hall–Kier alpha value is -1.73. The number of amides is 1. The van der Waals surface area contributed by atoms with Gasteiger partial charge in [0.25, 0.3) is 0 Å². The van der Waals surface area contributed by atoms with Crippen molar-refractivity contribution < 1.29 is 14.7 Å². The average Bonchev–Trinajstić information content (AvgIpc) is 3.04. The van der Waals surface area contributed by atoms with E-state index in [-0.39, 0.29) is 5.91 Å². The van der Waals surface area contributed by atoms with Gasteiger partial charge in [-0.05, 0) is 25.0 Å². The minimum absolute atomic E-state index is 0.277. The molecule has 1 aliphatic rings. The van der Waals surface area contributed by atoms with E-state index in [0.717, 1.165) is 28.6 Å². The highest BCUT2D eigenvalue weighted by atomic mass is 79.9. The highest BCUT2D eigenvalue weighted by molar-refractivity contribution is 9.10. The molecule has 1 aromatic heterocycles. The fourth-order valence-electron chi connectivity index (χ4n) is 3.01. The Morgan fingerprint density at radius 3 is 2.50 bits per heavy atom. The third-order valence-electron chi connectivity index (χ3n) is 4.28. The standard InChI is InChI=1S/C17H17BrN2O3S/c18-11-7-5-10(6-8-11)14-9-24-17(19-14)20-15(21)12-3-1-2-4-13(12)16(22)23/h5-9,12-13H,1-4H2,(H,22,23)(H,19,20,21)/p-1/t12-,13-/m1/s1. The van der Waals surface area contributed by atoms with Crippen LogP contribution in [0.2, 0.25) is 0 Å². The Morgan fingerprint density at radius 2 is 1.83 bits per heavy atom. The Morgan fingerprint density at radius 1 is 1.17 bits per heavy atom. The first-order chi connectivity index (χ1) is 11.5. The summed E-state index contributed by atoms with van der Waals surface area (Å²) in [7, 11) is 0. The first-order valence-electron chi connectivity index (χ1n) is 7.78. The fourth-order valence-corrected chi connectivity index (χ4v) is 4.00. The SMILES string of the molecule is O=C([O-])[C@@H]1CCCC[C@H]1C(=O)Nc1nc(-c2ccc(Br)cc2)cs1. The Bertz CT molecular complexity index is 745. The number of aliphatic carboxylic acids is 1. The molecule has 1 N–H and O–H groups in total. The van der Waals surface area contributed by atoms with Crippen molar-refractivity contribution in [2.24, 2.45) is 11.8 Å². The molecule has 2 atom stereocenters. The van der Waals surface area contributed by atoms with Gasteiger partial charge in [-0.1, -0.05) is 40.9 Å². The zero-order chi connectivity index (χ0) is 17.1. The maximum Gasteiger partial charge on any atom is 0.229 e. The lowest BCUT2D eigenvalue weighted by Gasteiger charge is -2.30. The molecule has 0 unspecified atom stereocenters. The van der Waals surface area contributed by atoms with Crippen molar-refractivity contribution in [3.05, 3.63) is 34.1 Å². The van der Waals surface area contributed by atoms with E-state index in [9.17, 15) is 14.7 Å². The normalized spacial score (nSPS) is 20.5. The monoisotopic (exact) mass is 407 g/mol. The molecule has 3 rings (SSSR count). The predicted octanol–water partition coefficient (Wildman–Crippen LogP) is 3.07. The van der Waals surface area contributed by atoms with E-state index in [4.69, 9.17) is 0 Å². The Labute approximate surface area is 152 Å². The predicted molar refractivity (Wildman–Crippen MR) is 94.3 cm³/mol. The highest BCUT2D eigenvalue weighted by Gasteiger charge is 2.32. The van der Waals surface area contributed by atoms with Crippen LogP contribution < -0.4 is 10.4 Å². The smallest absolute Gasteiger partial charge is 0.229 e. The van der Waals surface area contributed by atoms with E-state index in [1.54, 1.807) is 0 Å². The van der Waals surface area contributed by atoms with Crippen LogP contribution in [0, 0.1) is 11.8 Å². The van der Waals surface area contributed by atoms with Crippen molar-refractivity contribution in [1.82, 2.24) is 4.98 Å². The number of anilines is 1. The van der Waals surface area contributed by atoms with Crippen LogP contribution in [0.3, 0.4) is 0 Å². The van der Waals surface area contributed by atoms with E-state index in [2.05, 4.69) is 26.2 Å². The number of thiazole rings is 1. The quantitative estimate of drug-likeness (QED) is 0.843. The second-order valence-corrected chi connectivity index (χ2v) is 7.62. The van der Waals surface area contributed by atoms with Gasteiger partial charge >= 0.3 is 0 Å². The summed E-state index contributed by atoms with van der Waals surface area (Å²) in [5.74, 6) is -2.65. The summed E-state index contributed by atoms with van der Waals surface area (Å²) in [6, 6.07) is 7.74. The van der Waals surface area contributed by atoms with Gasteiger partial charge in [-0.3, -0.25) is 4.79 Å². The van der Waals surface area contributed by atoms with E-state index in [1.807, 2.05) is 29.6 Å². The lowest BCUT2D eigenvalue weighted by Crippen LogP contribution is -2.42. The summed E-state index contributed by atoms with van der Waals surface area (Å²) in [5.41, 5.74) is 1.74. The van der Waals surface area contributed by atoms with Crippen molar-refractivity contribution in [1.29, 1.82) is 0 Å². The number of nitrogens with zero attached hydrogens (tertiary/aromatic N) is 1. The lowest BCUT2D eigenvalue weighted by molar-refractivity contribution is -0.313. The van der Waals surface area contributed by atoms with E-state index < -0.39 is 17.8 Å². The van der Waals surface area contributed by atoms with Gasteiger partial charge in [-0.25, -0.2) is 4.98 Å². The summed E-state index contributed by atoms with van der Waals surface area (Å²) < 4.78 is 0.987. The molecule has 126 valence electrons. The second-order valence-electron chi connectivity index (χ2n) is 5.85. The summed E-state index contributed by atoms with van der Waals surface area (Å²) in [6.07, 6.45) is 2.77. The van der Waals surface area contributed by atoms with E-state index in [1.165, 1.54) is 11.3 Å². The third kappa shape index (κ3) is 3.84. The van der Waals surface area contributed by atoms with Gasteiger partial charge in [0.1, 0.15) is 0 Å². The van der Waals surface area contributed by atoms with Gasteiger partial charge in [-0.15, -0.1) is 11.3 Å². The van der Waals surface area contributed by atoms with Gasteiger partial charge in [0, 0.05) is 33.2 Å². The summed E-state index contributed by atoms with van der Waals surface area (Å²) in [6.45, 7) is 0. The highest BCUT2D eigenvalue weighted by Crippen LogP contribution is 2.32. The lowest BCUT2D eigenvalue weighted by atomic mass is 9.79. The van der Waals surface area contributed by atoms with Gasteiger partial charge in [0.2, 0.25) is 5.91 Å². The number of rotatable bonds is 4. The van der Waals surface area contributed by atoms with E-state index >= 15 is 0 Å². The number of carbonyl (C=O) groups excluding carboxylic acids is 2. The van der Waals surface area contributed by atoms with Crippen molar-refractivity contribution in [2.45, 2.75) is 25.7 Å². The molecule has 0 radical (unpaired) electrons. The maximum absolute atomic E-state index is 12.4. The molecule has 1 heterocycles. The Balaban J connectivity index is 1.70. The topological polar surface area (TPSA) is 82.1 Å². The molecular formula is C17H16BrN2O3S-. The van der Waals surface area contributed by atoms with Crippen LogP contribution >= 0.6 is 27.3 Å². The van der Waals surface area contributed by atoms with Crippen molar-refractivity contribution in [3.8, 4) is 11.3 Å². The van der Waals surface area contributed by atoms with Gasteiger partial charge in [-0.2, -0.15) is 0 Å². The van der Waals surface area contributed by atoms with Crippen LogP contribution in [0.5, 0.6) is 0 Å². The zero-order valence-corrected chi connectivity index (χ0v) is 15.2. The molecule has 5 nitrogen and oxygen atoms in total. The number of benzene rings is 1. The number of carboxylic acid groups (broad SMARTS) is 1. The molecule has 1 amide bonds. The minimum atomic E-state index is -1.13. The number of carbonyl (C=O) groups is 2. The minimum Gasteiger partial charge on any atom is -0.550 e. The zero-order valence-electron chi connectivity index (χ0n) is 12.8. The fraction of sp³-hybridized carbons (Fsp3) is 0.353. The van der Waals surface area contributed by atoms with Crippen LogP contribution in [0.4, 0.5) is 5.13 Å². The first kappa shape index (κ1) is 17.1. The largest absolute Gasteiger partial charge is 0.550 e. The number of nitrogens with one attached hydrogen (secondary N) is 1.